The first kappa shape index (κ1) is 66.2. The van der Waals surface area contributed by atoms with Crippen molar-refractivity contribution in [3.05, 3.63) is 11.6 Å². The van der Waals surface area contributed by atoms with Gasteiger partial charge in [-0.2, -0.15) is 0 Å². The highest BCUT2D eigenvalue weighted by atomic mass is 16.8. The Morgan fingerprint density at radius 1 is 0.553 bits per heavy atom. The molecule has 0 aromatic rings. The summed E-state index contributed by atoms with van der Waals surface area (Å²) in [5.41, 5.74) is -1.25. The van der Waals surface area contributed by atoms with Gasteiger partial charge in [-0.15, -0.1) is 0 Å². The molecule has 5 aliphatic heterocycles. The van der Waals surface area contributed by atoms with Crippen molar-refractivity contribution in [1.82, 2.24) is 0 Å². The summed E-state index contributed by atoms with van der Waals surface area (Å²) in [4.78, 5) is 15.2. The number of hydrogen-bond donors (Lipinski definition) is 15. The van der Waals surface area contributed by atoms with Crippen molar-refractivity contribution in [2.45, 2.75) is 267 Å². The van der Waals surface area contributed by atoms with Crippen molar-refractivity contribution in [2.24, 2.45) is 56.7 Å². The van der Waals surface area contributed by atoms with Crippen LogP contribution in [0.5, 0.6) is 0 Å². The lowest BCUT2D eigenvalue weighted by molar-refractivity contribution is -0.388. The average Bonchev–Trinajstić information content (AvgIpc) is 0.687. The maximum absolute atomic E-state index is 15.2. The molecule has 0 bridgehead atoms. The molecule has 10 aliphatic rings. The minimum Gasteiger partial charge on any atom is -0.432 e. The number of hydrogen-bond acceptors (Lipinski definition) is 26. The van der Waals surface area contributed by atoms with Crippen molar-refractivity contribution in [3.63, 3.8) is 0 Å². The summed E-state index contributed by atoms with van der Waals surface area (Å²) in [6.07, 6.45) is -30.6. The number of aliphatic hydroxyl groups excluding tert-OH is 15. The molecule has 4 saturated carbocycles. The van der Waals surface area contributed by atoms with Crippen LogP contribution >= 0.6 is 0 Å². The zero-order valence-electron chi connectivity index (χ0n) is 49.8. The summed E-state index contributed by atoms with van der Waals surface area (Å²) < 4.78 is 60.6. The van der Waals surface area contributed by atoms with Crippen LogP contribution in [0.2, 0.25) is 0 Å². The molecule has 0 aromatic heterocycles. The Kier molecular flexibility index (Phi) is 19.2. The lowest BCUT2D eigenvalue weighted by Crippen LogP contribution is -2.67. The van der Waals surface area contributed by atoms with E-state index in [1.807, 2.05) is 0 Å². The van der Waals surface area contributed by atoms with Crippen LogP contribution in [0.15, 0.2) is 11.6 Å². The molecular formula is C59H96O26. The Balaban J connectivity index is 0.876. The summed E-state index contributed by atoms with van der Waals surface area (Å²) in [5, 5.41) is 160. The number of allylic oxidation sites excluding steroid dienone is 2. The minimum atomic E-state index is -1.85. The van der Waals surface area contributed by atoms with E-state index in [0.29, 0.717) is 25.7 Å². The maximum Gasteiger partial charge on any atom is 0.315 e. The van der Waals surface area contributed by atoms with Gasteiger partial charge in [-0.05, 0) is 116 Å². The van der Waals surface area contributed by atoms with E-state index in [1.54, 1.807) is 0 Å². The Morgan fingerprint density at radius 2 is 1.11 bits per heavy atom. The molecule has 0 radical (unpaired) electrons. The van der Waals surface area contributed by atoms with Gasteiger partial charge >= 0.3 is 5.97 Å². The molecule has 5 heterocycles. The van der Waals surface area contributed by atoms with Crippen LogP contribution in [-0.4, -0.2) is 263 Å². The van der Waals surface area contributed by atoms with E-state index >= 15 is 4.79 Å². The average molecular weight is 1220 g/mol. The smallest absolute Gasteiger partial charge is 0.315 e. The quantitative estimate of drug-likeness (QED) is 0.0507. The number of carbonyl (C=O) groups excluding carboxylic acids is 1. The molecule has 4 unspecified atom stereocenters. The van der Waals surface area contributed by atoms with Gasteiger partial charge in [0.05, 0.1) is 44.1 Å². The molecule has 488 valence electrons. The zero-order chi connectivity index (χ0) is 61.9. The summed E-state index contributed by atoms with van der Waals surface area (Å²) >= 11 is 0. The molecule has 0 amide bonds. The summed E-state index contributed by atoms with van der Waals surface area (Å²) in [6.45, 7) is 15.0. The highest BCUT2D eigenvalue weighted by molar-refractivity contribution is 5.79. The van der Waals surface area contributed by atoms with Gasteiger partial charge in [0.2, 0.25) is 6.29 Å². The molecule has 5 aliphatic carbocycles. The largest absolute Gasteiger partial charge is 0.432 e. The fourth-order valence-corrected chi connectivity index (χ4v) is 17.8. The highest BCUT2D eigenvalue weighted by Crippen LogP contribution is 2.76. The number of rotatable bonds is 13. The van der Waals surface area contributed by atoms with Crippen molar-refractivity contribution < 1.29 is 129 Å². The molecule has 10 rings (SSSR count). The molecule has 5 saturated heterocycles. The van der Waals surface area contributed by atoms with Crippen LogP contribution in [0, 0.1) is 56.7 Å². The topological polar surface area (TPSA) is 413 Å². The van der Waals surface area contributed by atoms with Crippen molar-refractivity contribution in [2.75, 3.05) is 26.4 Å². The van der Waals surface area contributed by atoms with E-state index < -0.39 is 190 Å². The van der Waals surface area contributed by atoms with Crippen LogP contribution in [-0.2, 0) is 52.2 Å². The lowest BCUT2D eigenvalue weighted by atomic mass is 9.33. The SMILES string of the molecule is C[C@@H]1CC[C@]2(C(=O)O[C@@H]3O[C@H](CO[C@@H]4O[C@H](CO)[C@@H](O)[C@H](O)[C@H]4O)[C@@H](O)[C@H](O)[C@H]3O)CC[C@]3(C)C(=CCC4[C@@]5(C)CCC(O[C@@H]6OC[C@H](O)[C@H](O[C@@H]7O[C@H](CO)[C@@H](O)[C@H](O)[C@H]7O)[C@H]6O[C@@H]6O[C@@H](C)[C@@H](O)[C@@H](O)[C@H]6O)C(C)(C)C5CC[C@]43C)C2[C@H]1C. The minimum absolute atomic E-state index is 0.0289. The van der Waals surface area contributed by atoms with Gasteiger partial charge in [0.1, 0.15) is 110 Å². The fraction of sp³-hybridized carbons (Fsp3) is 0.949. The molecule has 9 fully saturated rings. The van der Waals surface area contributed by atoms with Crippen LogP contribution in [0.25, 0.3) is 0 Å². The molecule has 26 nitrogen and oxygen atoms in total. The van der Waals surface area contributed by atoms with E-state index in [1.165, 1.54) is 12.5 Å². The fourth-order valence-electron chi connectivity index (χ4n) is 17.8. The second-order valence-electron chi connectivity index (χ2n) is 28.1. The van der Waals surface area contributed by atoms with Crippen LogP contribution in [0.4, 0.5) is 0 Å². The van der Waals surface area contributed by atoms with Crippen molar-refractivity contribution in [1.29, 1.82) is 0 Å². The van der Waals surface area contributed by atoms with Gasteiger partial charge in [-0.1, -0.05) is 60.1 Å². The van der Waals surface area contributed by atoms with Gasteiger partial charge in [0.15, 0.2) is 25.2 Å². The van der Waals surface area contributed by atoms with E-state index in [0.717, 1.165) is 32.1 Å². The second kappa shape index (κ2) is 24.7. The van der Waals surface area contributed by atoms with Crippen molar-refractivity contribution in [3.8, 4) is 0 Å². The lowest BCUT2D eigenvalue weighted by Gasteiger charge is -2.71. The van der Waals surface area contributed by atoms with Crippen LogP contribution in [0.1, 0.15) is 113 Å². The zero-order valence-corrected chi connectivity index (χ0v) is 49.8. The van der Waals surface area contributed by atoms with E-state index in [-0.39, 0.29) is 52.4 Å². The Bertz CT molecular complexity index is 2350. The van der Waals surface area contributed by atoms with Crippen molar-refractivity contribution >= 4 is 5.97 Å². The third-order valence-corrected chi connectivity index (χ3v) is 23.4. The molecule has 0 aromatic carbocycles. The van der Waals surface area contributed by atoms with Gasteiger partial charge < -0.3 is 124 Å². The van der Waals surface area contributed by atoms with E-state index in [9.17, 15) is 76.6 Å². The van der Waals surface area contributed by atoms with Gasteiger partial charge in [0.25, 0.3) is 0 Å². The maximum atomic E-state index is 15.2. The van der Waals surface area contributed by atoms with Gasteiger partial charge in [0, 0.05) is 0 Å². The highest BCUT2D eigenvalue weighted by Gasteiger charge is 2.71. The first-order valence-electron chi connectivity index (χ1n) is 30.7. The summed E-state index contributed by atoms with van der Waals surface area (Å²) in [6, 6.07) is 0. The third kappa shape index (κ3) is 11.0. The molecule has 85 heavy (non-hydrogen) atoms. The monoisotopic (exact) mass is 1220 g/mol. The number of esters is 1. The van der Waals surface area contributed by atoms with Crippen LogP contribution < -0.4 is 0 Å². The molecule has 26 heteroatoms. The molecule has 34 atom stereocenters. The van der Waals surface area contributed by atoms with E-state index in [4.69, 9.17) is 47.4 Å². The Labute approximate surface area is 494 Å². The molecule has 15 N–H and O–H groups in total. The first-order chi connectivity index (χ1) is 39.9. The van der Waals surface area contributed by atoms with E-state index in [2.05, 4.69) is 54.5 Å². The second-order valence-corrected chi connectivity index (χ2v) is 28.1. The Morgan fingerprint density at radius 3 is 1.74 bits per heavy atom. The Hall–Kier alpha value is -1.75. The van der Waals surface area contributed by atoms with Gasteiger partial charge in [-0.25, -0.2) is 0 Å². The summed E-state index contributed by atoms with van der Waals surface area (Å²) in [7, 11) is 0. The molecular weight excluding hydrogens is 1120 g/mol. The number of ether oxygens (including phenoxy) is 10. The standard InChI is InChI=1S/C59H96O26/c1-23-11-16-59(54(75)85-52-46(74)42(70)38(66)30(81-52)22-77-49-43(71)40(68)36(64)28(19-60)79-49)18-17-57(7)26(34(59)24(23)2)9-10-32-56(6)14-13-33(55(4,5)31(56)12-15-58(32,57)8)82-53-48(84-50-44(72)39(67)35(63)25(3)78-50)47(27(62)21-76-53)83-51-45(73)41(69)37(65)29(20-61)80-51/h9,23-25,27-53,60-74H,10-22H2,1-8H3/t23-,24+,25+,27+,28-,29-,30-,31?,32?,33?,34?,35-,36-,37-,38-,39-,40+,41+,42+,43-,44-,45-,46-,47+,48-,49-,50+,51+,52+,53+,56+,57-,58-,59+/m1/s1. The molecule has 0 spiro atoms. The number of aliphatic hydroxyl groups is 15. The number of fused-ring (bicyclic) bond motifs is 7. The first-order valence-corrected chi connectivity index (χ1v) is 30.7. The normalized spacial score (nSPS) is 55.3. The predicted octanol–water partition coefficient (Wildman–Crippen LogP) is -2.69. The van der Waals surface area contributed by atoms with Gasteiger partial charge in [-0.3, -0.25) is 4.79 Å². The number of carbonyl (C=O) groups is 1. The van der Waals surface area contributed by atoms with Crippen LogP contribution in [0.3, 0.4) is 0 Å². The third-order valence-electron chi connectivity index (χ3n) is 23.4. The summed E-state index contributed by atoms with van der Waals surface area (Å²) in [5.74, 6) is -0.330. The predicted molar refractivity (Wildman–Crippen MR) is 288 cm³/mol.